The van der Waals surface area contributed by atoms with E-state index in [9.17, 15) is 4.79 Å². The van der Waals surface area contributed by atoms with Gasteiger partial charge < -0.3 is 9.64 Å². The maximum atomic E-state index is 12.4. The van der Waals surface area contributed by atoms with E-state index in [1.54, 1.807) is 24.5 Å². The number of ether oxygens (including phenoxy) is 1. The number of aromatic nitrogens is 1. The van der Waals surface area contributed by atoms with Crippen molar-refractivity contribution in [3.63, 3.8) is 0 Å². The predicted molar refractivity (Wildman–Crippen MR) is 75.3 cm³/mol. The van der Waals surface area contributed by atoms with Gasteiger partial charge in [-0.15, -0.1) is 0 Å². The van der Waals surface area contributed by atoms with Crippen LogP contribution in [0.25, 0.3) is 0 Å². The highest BCUT2D eigenvalue weighted by Crippen LogP contribution is 2.22. The average Bonchev–Trinajstić information content (AvgIpc) is 2.56. The fourth-order valence-electron chi connectivity index (χ4n) is 2.37. The molecule has 1 aromatic heterocycles. The molecule has 3 rings (SSSR count). The Hall–Kier alpha value is -2.20. The summed E-state index contributed by atoms with van der Waals surface area (Å²) in [7, 11) is 0. The Morgan fingerprint density at radius 1 is 1.20 bits per heavy atom. The van der Waals surface area contributed by atoms with Crippen molar-refractivity contribution >= 4 is 5.91 Å². The maximum absolute atomic E-state index is 12.4. The maximum Gasteiger partial charge on any atom is 0.255 e. The topological polar surface area (TPSA) is 42.4 Å². The highest BCUT2D eigenvalue weighted by Gasteiger charge is 2.25. The second-order valence-electron chi connectivity index (χ2n) is 4.76. The zero-order valence-electron chi connectivity index (χ0n) is 11.1. The number of hydrogen-bond acceptors (Lipinski definition) is 3. The summed E-state index contributed by atoms with van der Waals surface area (Å²) in [6, 6.07) is 13.6. The lowest BCUT2D eigenvalue weighted by atomic mass is 10.1. The number of hydrogen-bond donors (Lipinski definition) is 0. The molecule has 102 valence electrons. The van der Waals surface area contributed by atoms with Gasteiger partial charge in [0, 0.05) is 18.9 Å². The van der Waals surface area contributed by atoms with E-state index >= 15 is 0 Å². The molecule has 1 aliphatic heterocycles. The fraction of sp³-hybridized carbons (Fsp3) is 0.250. The van der Waals surface area contributed by atoms with Crippen LogP contribution in [-0.4, -0.2) is 35.5 Å². The molecule has 1 saturated heterocycles. The van der Waals surface area contributed by atoms with Gasteiger partial charge in [-0.05, 0) is 17.7 Å². The molecule has 0 bridgehead atoms. The van der Waals surface area contributed by atoms with Gasteiger partial charge in [-0.2, -0.15) is 0 Å². The van der Waals surface area contributed by atoms with Crippen LogP contribution in [0.2, 0.25) is 0 Å². The van der Waals surface area contributed by atoms with Crippen molar-refractivity contribution in [1.82, 2.24) is 9.88 Å². The molecule has 20 heavy (non-hydrogen) atoms. The largest absolute Gasteiger partial charge is 0.370 e. The highest BCUT2D eigenvalue weighted by molar-refractivity contribution is 5.93. The molecule has 0 aliphatic carbocycles. The lowest BCUT2D eigenvalue weighted by molar-refractivity contribution is -0.0228. The van der Waals surface area contributed by atoms with Gasteiger partial charge in [0.25, 0.3) is 5.91 Å². The van der Waals surface area contributed by atoms with Crippen LogP contribution in [0, 0.1) is 0 Å². The number of amides is 1. The van der Waals surface area contributed by atoms with E-state index in [0.717, 1.165) is 5.56 Å². The molecule has 0 spiro atoms. The molecule has 2 aromatic rings. The molecule has 0 saturated carbocycles. The van der Waals surface area contributed by atoms with Crippen molar-refractivity contribution in [3.05, 3.63) is 66.0 Å². The van der Waals surface area contributed by atoms with E-state index in [0.29, 0.717) is 25.3 Å². The van der Waals surface area contributed by atoms with E-state index in [2.05, 4.69) is 4.98 Å². The van der Waals surface area contributed by atoms with Crippen molar-refractivity contribution in [3.8, 4) is 0 Å². The predicted octanol–water partition coefficient (Wildman–Crippen LogP) is 2.30. The van der Waals surface area contributed by atoms with Crippen molar-refractivity contribution in [2.75, 3.05) is 19.7 Å². The third-order valence-electron chi connectivity index (χ3n) is 3.43. The molecule has 1 atom stereocenters. The number of morpholine rings is 1. The molecule has 0 N–H and O–H groups in total. The Balaban J connectivity index is 1.74. The first-order valence-electron chi connectivity index (χ1n) is 6.70. The lowest BCUT2D eigenvalue weighted by Gasteiger charge is -2.33. The van der Waals surface area contributed by atoms with E-state index in [4.69, 9.17) is 4.74 Å². The van der Waals surface area contributed by atoms with Gasteiger partial charge in [0.2, 0.25) is 0 Å². The first kappa shape index (κ1) is 12.8. The molecule has 2 heterocycles. The van der Waals surface area contributed by atoms with Gasteiger partial charge in [0.15, 0.2) is 0 Å². The summed E-state index contributed by atoms with van der Waals surface area (Å²) in [5.41, 5.74) is 1.73. The minimum atomic E-state index is -0.0504. The van der Waals surface area contributed by atoms with Gasteiger partial charge >= 0.3 is 0 Å². The van der Waals surface area contributed by atoms with Gasteiger partial charge in [-0.25, -0.2) is 0 Å². The zero-order valence-corrected chi connectivity index (χ0v) is 11.1. The Bertz CT molecular complexity index is 572. The van der Waals surface area contributed by atoms with Crippen LogP contribution >= 0.6 is 0 Å². The van der Waals surface area contributed by atoms with Crippen LogP contribution < -0.4 is 0 Å². The van der Waals surface area contributed by atoms with E-state index < -0.39 is 0 Å². The first-order valence-corrected chi connectivity index (χ1v) is 6.70. The third-order valence-corrected chi connectivity index (χ3v) is 3.43. The van der Waals surface area contributed by atoms with Crippen LogP contribution in [0.3, 0.4) is 0 Å². The molecule has 1 aromatic carbocycles. The van der Waals surface area contributed by atoms with E-state index in [1.807, 2.05) is 35.2 Å². The van der Waals surface area contributed by atoms with Crippen molar-refractivity contribution in [1.29, 1.82) is 0 Å². The minimum Gasteiger partial charge on any atom is -0.370 e. The van der Waals surface area contributed by atoms with Gasteiger partial charge in [0.05, 0.1) is 18.7 Å². The quantitative estimate of drug-likeness (QED) is 0.839. The Morgan fingerprint density at radius 2 is 2.05 bits per heavy atom. The Kier molecular flexibility index (Phi) is 3.74. The molecule has 1 aliphatic rings. The molecule has 1 amide bonds. The molecule has 4 nitrogen and oxygen atoms in total. The molecule has 0 unspecified atom stereocenters. The highest BCUT2D eigenvalue weighted by atomic mass is 16.5. The summed E-state index contributed by atoms with van der Waals surface area (Å²) in [6.45, 7) is 1.76. The second-order valence-corrected chi connectivity index (χ2v) is 4.76. The normalized spacial score (nSPS) is 18.8. The summed E-state index contributed by atoms with van der Waals surface area (Å²) in [6.07, 6.45) is 3.23. The van der Waals surface area contributed by atoms with E-state index in [-0.39, 0.29) is 12.0 Å². The van der Waals surface area contributed by atoms with E-state index in [1.165, 1.54) is 0 Å². The van der Waals surface area contributed by atoms with Crippen LogP contribution in [0.5, 0.6) is 0 Å². The summed E-state index contributed by atoms with van der Waals surface area (Å²) in [5, 5.41) is 0. The SMILES string of the molecule is O=C(c1cccnc1)N1CCO[C@@H](c2ccccc2)C1. The smallest absolute Gasteiger partial charge is 0.255 e. The summed E-state index contributed by atoms with van der Waals surface area (Å²) < 4.78 is 5.77. The van der Waals surface area contributed by atoms with Crippen LogP contribution in [0.4, 0.5) is 0 Å². The molecule has 0 radical (unpaired) electrons. The summed E-state index contributed by atoms with van der Waals surface area (Å²) >= 11 is 0. The molecular formula is C16H16N2O2. The Labute approximate surface area is 118 Å². The number of rotatable bonds is 2. The zero-order chi connectivity index (χ0) is 13.8. The number of benzene rings is 1. The summed E-state index contributed by atoms with van der Waals surface area (Å²) in [5.74, 6) is 0.0160. The summed E-state index contributed by atoms with van der Waals surface area (Å²) in [4.78, 5) is 18.2. The number of carbonyl (C=O) groups is 1. The standard InChI is InChI=1S/C16H16N2O2/c19-16(14-7-4-8-17-11-14)18-9-10-20-15(12-18)13-5-2-1-3-6-13/h1-8,11,15H,9-10,12H2/t15-/m1/s1. The van der Waals surface area contributed by atoms with Crippen molar-refractivity contribution in [2.24, 2.45) is 0 Å². The number of carbonyl (C=O) groups excluding carboxylic acids is 1. The van der Waals surface area contributed by atoms with Gasteiger partial charge in [0.1, 0.15) is 6.10 Å². The number of nitrogens with zero attached hydrogens (tertiary/aromatic N) is 2. The molecule has 1 fully saturated rings. The fourth-order valence-corrected chi connectivity index (χ4v) is 2.37. The molecule has 4 heteroatoms. The first-order chi connectivity index (χ1) is 9.84. The average molecular weight is 268 g/mol. The van der Waals surface area contributed by atoms with Gasteiger partial charge in [-0.1, -0.05) is 30.3 Å². The van der Waals surface area contributed by atoms with Gasteiger partial charge in [-0.3, -0.25) is 9.78 Å². The lowest BCUT2D eigenvalue weighted by Crippen LogP contribution is -2.42. The number of pyridine rings is 1. The minimum absolute atomic E-state index is 0.0160. The molecular weight excluding hydrogens is 252 g/mol. The van der Waals surface area contributed by atoms with Crippen LogP contribution in [0.15, 0.2) is 54.9 Å². The van der Waals surface area contributed by atoms with Crippen molar-refractivity contribution < 1.29 is 9.53 Å². The third kappa shape index (κ3) is 2.70. The Morgan fingerprint density at radius 3 is 2.80 bits per heavy atom. The van der Waals surface area contributed by atoms with Crippen LogP contribution in [0.1, 0.15) is 22.0 Å². The monoisotopic (exact) mass is 268 g/mol. The van der Waals surface area contributed by atoms with Crippen molar-refractivity contribution in [2.45, 2.75) is 6.10 Å². The second kappa shape index (κ2) is 5.84. The van der Waals surface area contributed by atoms with Crippen LogP contribution in [-0.2, 0) is 4.74 Å².